The van der Waals surface area contributed by atoms with Crippen molar-refractivity contribution in [2.75, 3.05) is 11.7 Å². The topological polar surface area (TPSA) is 71.6 Å². The Morgan fingerprint density at radius 2 is 1.58 bits per heavy atom. The van der Waals surface area contributed by atoms with Gasteiger partial charge in [-0.1, -0.05) is 65.8 Å². The number of fused-ring (bicyclic) bond motifs is 1. The molecule has 0 aliphatic carbocycles. The molecule has 0 saturated heterocycles. The van der Waals surface area contributed by atoms with Gasteiger partial charge < -0.3 is 9.42 Å². The van der Waals surface area contributed by atoms with Gasteiger partial charge >= 0.3 is 0 Å². The summed E-state index contributed by atoms with van der Waals surface area (Å²) in [5, 5.41) is 6.18. The van der Waals surface area contributed by atoms with Crippen LogP contribution in [0, 0.1) is 13.8 Å². The molecule has 33 heavy (non-hydrogen) atoms. The van der Waals surface area contributed by atoms with E-state index in [4.69, 9.17) is 4.52 Å². The summed E-state index contributed by atoms with van der Waals surface area (Å²) < 4.78 is 7.04. The zero-order valence-corrected chi connectivity index (χ0v) is 18.5. The molecular formula is C26H24N4O3. The summed E-state index contributed by atoms with van der Waals surface area (Å²) in [5.41, 5.74) is 3.46. The summed E-state index contributed by atoms with van der Waals surface area (Å²) in [6.45, 7) is 4.12. The fourth-order valence-electron chi connectivity index (χ4n) is 4.38. The average molecular weight is 441 g/mol. The third-order valence-corrected chi connectivity index (χ3v) is 5.96. The average Bonchev–Trinajstić information content (AvgIpc) is 3.25. The Bertz CT molecular complexity index is 1310. The molecule has 166 valence electrons. The van der Waals surface area contributed by atoms with Crippen LogP contribution in [0.4, 0.5) is 0 Å². The van der Waals surface area contributed by atoms with Gasteiger partial charge in [0.2, 0.25) is 0 Å². The van der Waals surface area contributed by atoms with E-state index in [0.717, 1.165) is 11.1 Å². The van der Waals surface area contributed by atoms with Gasteiger partial charge in [-0.15, -0.1) is 0 Å². The normalized spacial score (nSPS) is 13.5. The molecule has 5 rings (SSSR count). The molecule has 7 nitrogen and oxygen atoms in total. The van der Waals surface area contributed by atoms with Gasteiger partial charge in [-0.05, 0) is 25.0 Å². The number of carbonyl (C=O) groups is 1. The molecule has 0 fully saturated rings. The molecule has 1 amide bonds. The Labute approximate surface area is 191 Å². The third-order valence-electron chi connectivity index (χ3n) is 5.96. The molecule has 4 aromatic rings. The summed E-state index contributed by atoms with van der Waals surface area (Å²) in [6, 6.07) is 23.5. The zero-order chi connectivity index (χ0) is 22.9. The lowest BCUT2D eigenvalue weighted by Crippen LogP contribution is -2.55. The minimum atomic E-state index is -0.207. The van der Waals surface area contributed by atoms with E-state index in [0.29, 0.717) is 29.4 Å². The smallest absolute Gasteiger partial charge is 0.274 e. The fraction of sp³-hybridized carbons (Fsp3) is 0.192. The Kier molecular flexibility index (Phi) is 5.30. The van der Waals surface area contributed by atoms with Crippen molar-refractivity contribution in [1.82, 2.24) is 14.7 Å². The van der Waals surface area contributed by atoms with Crippen LogP contribution in [0.3, 0.4) is 0 Å². The van der Waals surface area contributed by atoms with Crippen molar-refractivity contribution >= 4 is 5.91 Å². The summed E-state index contributed by atoms with van der Waals surface area (Å²) >= 11 is 0. The summed E-state index contributed by atoms with van der Waals surface area (Å²) in [5.74, 6) is 0.479. The Morgan fingerprint density at radius 1 is 0.939 bits per heavy atom. The van der Waals surface area contributed by atoms with E-state index in [-0.39, 0.29) is 23.9 Å². The molecule has 1 aliphatic heterocycles. The standard InChI is InChI=1S/C26H24N4O3/c1-18-15-22(27-33-18)16-28-17-30(29-14-13-23(31)19(2)24(29)26(28)32)25(20-9-5-3-6-10-20)21-11-7-4-8-12-21/h3-15,25H,16-17H2,1-2H3. The number of benzene rings is 2. The maximum atomic E-state index is 13.5. The quantitative estimate of drug-likeness (QED) is 0.472. The Hall–Kier alpha value is -4.13. The van der Waals surface area contributed by atoms with Crippen molar-refractivity contribution in [3.63, 3.8) is 0 Å². The number of rotatable bonds is 5. The van der Waals surface area contributed by atoms with Crippen LogP contribution >= 0.6 is 0 Å². The lowest BCUT2D eigenvalue weighted by atomic mass is 9.98. The maximum absolute atomic E-state index is 13.5. The molecule has 0 bridgehead atoms. The van der Waals surface area contributed by atoms with Crippen molar-refractivity contribution in [2.45, 2.75) is 26.4 Å². The number of hydrogen-bond donors (Lipinski definition) is 0. The van der Waals surface area contributed by atoms with Crippen LogP contribution in [0.25, 0.3) is 0 Å². The second-order valence-corrected chi connectivity index (χ2v) is 8.23. The van der Waals surface area contributed by atoms with Crippen LogP contribution in [-0.2, 0) is 6.54 Å². The minimum absolute atomic E-state index is 0.162. The van der Waals surface area contributed by atoms with Gasteiger partial charge in [0.1, 0.15) is 23.8 Å². The summed E-state index contributed by atoms with van der Waals surface area (Å²) in [4.78, 5) is 27.7. The highest BCUT2D eigenvalue weighted by Crippen LogP contribution is 2.31. The fourth-order valence-corrected chi connectivity index (χ4v) is 4.38. The number of aryl methyl sites for hydroxylation is 1. The predicted octanol–water partition coefficient (Wildman–Crippen LogP) is 3.79. The number of hydrogen-bond acceptors (Lipinski definition) is 5. The summed E-state index contributed by atoms with van der Waals surface area (Å²) in [7, 11) is 0. The van der Waals surface area contributed by atoms with Gasteiger partial charge in [-0.25, -0.2) is 0 Å². The number of amides is 1. The van der Waals surface area contributed by atoms with Crippen LogP contribution in [-0.4, -0.2) is 27.3 Å². The van der Waals surface area contributed by atoms with E-state index in [1.54, 1.807) is 18.0 Å². The third kappa shape index (κ3) is 3.82. The molecule has 0 unspecified atom stereocenters. The van der Waals surface area contributed by atoms with E-state index in [1.807, 2.05) is 54.1 Å². The van der Waals surface area contributed by atoms with Crippen LogP contribution in [0.1, 0.15) is 44.7 Å². The molecule has 0 radical (unpaired) electrons. The molecule has 0 atom stereocenters. The predicted molar refractivity (Wildman–Crippen MR) is 124 cm³/mol. The van der Waals surface area contributed by atoms with Crippen molar-refractivity contribution in [3.8, 4) is 0 Å². The summed E-state index contributed by atoms with van der Waals surface area (Å²) in [6.07, 6.45) is 1.69. The van der Waals surface area contributed by atoms with Crippen molar-refractivity contribution in [1.29, 1.82) is 0 Å². The molecule has 7 heteroatoms. The van der Waals surface area contributed by atoms with Gasteiger partial charge in [0.25, 0.3) is 5.91 Å². The number of aromatic nitrogens is 2. The van der Waals surface area contributed by atoms with Crippen LogP contribution < -0.4 is 10.4 Å². The number of nitrogens with zero attached hydrogens (tertiary/aromatic N) is 4. The van der Waals surface area contributed by atoms with Gasteiger partial charge in [0.05, 0.1) is 12.6 Å². The van der Waals surface area contributed by atoms with Crippen LogP contribution in [0.2, 0.25) is 0 Å². The molecule has 0 N–H and O–H groups in total. The van der Waals surface area contributed by atoms with E-state index in [9.17, 15) is 9.59 Å². The van der Waals surface area contributed by atoms with Crippen molar-refractivity contribution < 1.29 is 9.32 Å². The monoisotopic (exact) mass is 440 g/mol. The highest BCUT2D eigenvalue weighted by Gasteiger charge is 2.35. The van der Waals surface area contributed by atoms with E-state index in [1.165, 1.54) is 6.07 Å². The second kappa shape index (κ2) is 8.43. The minimum Gasteiger partial charge on any atom is -0.361 e. The van der Waals surface area contributed by atoms with Gasteiger partial charge in [0, 0.05) is 23.9 Å². The molecule has 3 heterocycles. The van der Waals surface area contributed by atoms with Crippen molar-refractivity contribution in [2.24, 2.45) is 0 Å². The Balaban J connectivity index is 1.67. The van der Waals surface area contributed by atoms with E-state index < -0.39 is 0 Å². The van der Waals surface area contributed by atoms with Gasteiger partial charge in [-0.2, -0.15) is 0 Å². The maximum Gasteiger partial charge on any atom is 0.274 e. The first kappa shape index (κ1) is 20.8. The van der Waals surface area contributed by atoms with Gasteiger partial charge in [-0.3, -0.25) is 19.3 Å². The molecule has 2 aromatic carbocycles. The molecule has 1 aliphatic rings. The van der Waals surface area contributed by atoms with Crippen LogP contribution in [0.15, 0.2) is 88.3 Å². The zero-order valence-electron chi connectivity index (χ0n) is 18.5. The van der Waals surface area contributed by atoms with Gasteiger partial charge in [0.15, 0.2) is 5.43 Å². The largest absolute Gasteiger partial charge is 0.361 e. The number of carbonyl (C=O) groups excluding carboxylic acids is 1. The molecule has 0 spiro atoms. The Morgan fingerprint density at radius 3 is 2.15 bits per heavy atom. The van der Waals surface area contributed by atoms with E-state index >= 15 is 0 Å². The first-order chi connectivity index (χ1) is 16.0. The molecule has 2 aromatic heterocycles. The SMILES string of the molecule is Cc1cc(CN2CN(C(c3ccccc3)c3ccccc3)n3ccc(=O)c(C)c3C2=O)no1. The highest BCUT2D eigenvalue weighted by atomic mass is 16.5. The molecular weight excluding hydrogens is 416 g/mol. The first-order valence-electron chi connectivity index (χ1n) is 10.8. The number of pyridine rings is 1. The van der Waals surface area contributed by atoms with Crippen LogP contribution in [0.5, 0.6) is 0 Å². The first-order valence-corrected chi connectivity index (χ1v) is 10.8. The van der Waals surface area contributed by atoms with Crippen molar-refractivity contribution in [3.05, 3.63) is 123 Å². The highest BCUT2D eigenvalue weighted by molar-refractivity contribution is 5.95. The lowest BCUT2D eigenvalue weighted by Gasteiger charge is -2.44. The second-order valence-electron chi connectivity index (χ2n) is 8.23. The lowest BCUT2D eigenvalue weighted by molar-refractivity contribution is 0.0665. The van der Waals surface area contributed by atoms with E-state index in [2.05, 4.69) is 34.4 Å². The molecule has 0 saturated carbocycles.